The van der Waals surface area contributed by atoms with Crippen molar-refractivity contribution in [1.82, 2.24) is 16.1 Å². The van der Waals surface area contributed by atoms with Gasteiger partial charge in [-0.05, 0) is 17.7 Å². The fourth-order valence-electron chi connectivity index (χ4n) is 3.18. The van der Waals surface area contributed by atoms with E-state index in [2.05, 4.69) is 9.97 Å². The Hall–Kier alpha value is -3.52. The summed E-state index contributed by atoms with van der Waals surface area (Å²) in [6.45, 7) is 0. The molecule has 3 rings (SSSR count). The number of benzene rings is 2. The van der Waals surface area contributed by atoms with Crippen molar-refractivity contribution in [3.63, 3.8) is 0 Å². The maximum atomic E-state index is 5.54. The molecular weight excluding hydrogens is 398 g/mol. The lowest BCUT2D eigenvalue weighted by Crippen LogP contribution is -2.05. The highest BCUT2D eigenvalue weighted by Crippen LogP contribution is 2.30. The van der Waals surface area contributed by atoms with Gasteiger partial charge in [0.15, 0.2) is 0 Å². The molecule has 0 aliphatic rings. The SMILES string of the molecule is COc1ccc(Cc2ncc(Cc3ccc(OC)cc3OC)c(OC)n2)c(OC)c1.N. The lowest BCUT2D eigenvalue weighted by Gasteiger charge is -2.13. The highest BCUT2D eigenvalue weighted by atomic mass is 16.5. The van der Waals surface area contributed by atoms with Crippen molar-refractivity contribution >= 4 is 0 Å². The first-order valence-corrected chi connectivity index (χ1v) is 9.42. The lowest BCUT2D eigenvalue weighted by atomic mass is 10.1. The largest absolute Gasteiger partial charge is 0.497 e. The molecule has 31 heavy (non-hydrogen) atoms. The van der Waals surface area contributed by atoms with Gasteiger partial charge in [-0.1, -0.05) is 12.1 Å². The second-order valence-electron chi connectivity index (χ2n) is 6.53. The summed E-state index contributed by atoms with van der Waals surface area (Å²) in [4.78, 5) is 9.15. The predicted molar refractivity (Wildman–Crippen MR) is 118 cm³/mol. The van der Waals surface area contributed by atoms with Crippen LogP contribution >= 0.6 is 0 Å². The van der Waals surface area contributed by atoms with Crippen LogP contribution in [0.3, 0.4) is 0 Å². The minimum atomic E-state index is 0. The van der Waals surface area contributed by atoms with Gasteiger partial charge in [0, 0.05) is 42.3 Å². The van der Waals surface area contributed by atoms with Crippen LogP contribution in [0, 0.1) is 0 Å². The van der Waals surface area contributed by atoms with Crippen LogP contribution in [0.25, 0.3) is 0 Å². The maximum absolute atomic E-state index is 5.54. The van der Waals surface area contributed by atoms with Crippen molar-refractivity contribution in [3.05, 3.63) is 65.1 Å². The van der Waals surface area contributed by atoms with Crippen molar-refractivity contribution in [3.8, 4) is 28.9 Å². The summed E-state index contributed by atoms with van der Waals surface area (Å²) in [6, 6.07) is 11.4. The highest BCUT2D eigenvalue weighted by Gasteiger charge is 2.14. The lowest BCUT2D eigenvalue weighted by molar-refractivity contribution is 0.385. The molecule has 0 spiro atoms. The van der Waals surface area contributed by atoms with Crippen LogP contribution in [0.2, 0.25) is 0 Å². The first-order valence-electron chi connectivity index (χ1n) is 9.42. The molecule has 0 saturated carbocycles. The van der Waals surface area contributed by atoms with Crippen LogP contribution in [0.5, 0.6) is 28.9 Å². The molecule has 3 N–H and O–H groups in total. The van der Waals surface area contributed by atoms with Crippen molar-refractivity contribution in [1.29, 1.82) is 0 Å². The van der Waals surface area contributed by atoms with Gasteiger partial charge in [0.2, 0.25) is 5.88 Å². The Balaban J connectivity index is 0.00000341. The number of hydrogen-bond donors (Lipinski definition) is 1. The summed E-state index contributed by atoms with van der Waals surface area (Å²) in [5.41, 5.74) is 2.82. The number of aromatic nitrogens is 2. The van der Waals surface area contributed by atoms with Gasteiger partial charge < -0.3 is 29.8 Å². The van der Waals surface area contributed by atoms with E-state index in [0.717, 1.165) is 39.7 Å². The van der Waals surface area contributed by atoms with Crippen LogP contribution in [0.4, 0.5) is 0 Å². The molecule has 0 fully saturated rings. The van der Waals surface area contributed by atoms with Gasteiger partial charge in [-0.2, -0.15) is 4.98 Å². The summed E-state index contributed by atoms with van der Waals surface area (Å²) >= 11 is 0. The number of nitrogens with zero attached hydrogens (tertiary/aromatic N) is 2. The van der Waals surface area contributed by atoms with E-state index in [9.17, 15) is 0 Å². The van der Waals surface area contributed by atoms with Gasteiger partial charge in [-0.3, -0.25) is 0 Å². The Labute approximate surface area is 182 Å². The second-order valence-corrected chi connectivity index (χ2v) is 6.53. The van der Waals surface area contributed by atoms with Crippen molar-refractivity contribution < 1.29 is 23.7 Å². The number of methoxy groups -OCH3 is 5. The second kappa shape index (κ2) is 11.0. The molecule has 3 aromatic rings. The van der Waals surface area contributed by atoms with E-state index in [1.165, 1.54) is 0 Å². The van der Waals surface area contributed by atoms with E-state index >= 15 is 0 Å². The standard InChI is InChI=1S/C23H26N2O5.H3N/c1-26-18-8-6-15(20(12-18)28-3)10-17-14-24-22(25-23(17)30-5)11-16-7-9-19(27-2)13-21(16)29-4;/h6-9,12-14H,10-11H2,1-5H3;1H3. The topological polar surface area (TPSA) is 107 Å². The molecule has 0 radical (unpaired) electrons. The van der Waals surface area contributed by atoms with E-state index in [-0.39, 0.29) is 6.15 Å². The van der Waals surface area contributed by atoms with Gasteiger partial charge in [-0.25, -0.2) is 4.98 Å². The Morgan fingerprint density at radius 1 is 0.645 bits per heavy atom. The third-order valence-corrected chi connectivity index (χ3v) is 4.79. The van der Waals surface area contributed by atoms with E-state index in [0.29, 0.717) is 24.5 Å². The molecule has 0 unspecified atom stereocenters. The third-order valence-electron chi connectivity index (χ3n) is 4.79. The Kier molecular flexibility index (Phi) is 8.45. The fourth-order valence-corrected chi connectivity index (χ4v) is 3.18. The molecule has 8 nitrogen and oxygen atoms in total. The fraction of sp³-hybridized carbons (Fsp3) is 0.304. The number of rotatable bonds is 9. The van der Waals surface area contributed by atoms with Crippen LogP contribution in [-0.2, 0) is 12.8 Å². The number of hydrogen-bond acceptors (Lipinski definition) is 8. The molecule has 1 aromatic heterocycles. The van der Waals surface area contributed by atoms with Crippen molar-refractivity contribution in [2.75, 3.05) is 35.5 Å². The zero-order valence-corrected chi connectivity index (χ0v) is 18.6. The highest BCUT2D eigenvalue weighted by molar-refractivity contribution is 5.45. The molecule has 0 saturated heterocycles. The maximum Gasteiger partial charge on any atom is 0.219 e. The molecule has 0 aliphatic heterocycles. The molecule has 0 atom stereocenters. The van der Waals surface area contributed by atoms with Gasteiger partial charge >= 0.3 is 0 Å². The summed E-state index contributed by atoms with van der Waals surface area (Å²) < 4.78 is 27.0. The third kappa shape index (κ3) is 5.55. The molecule has 0 amide bonds. The van der Waals surface area contributed by atoms with Crippen LogP contribution in [0.1, 0.15) is 22.5 Å². The Morgan fingerprint density at radius 2 is 1.19 bits per heavy atom. The first-order chi connectivity index (χ1) is 14.6. The van der Waals surface area contributed by atoms with E-state index in [1.807, 2.05) is 36.4 Å². The molecule has 0 aliphatic carbocycles. The van der Waals surface area contributed by atoms with Gasteiger partial charge in [-0.15, -0.1) is 0 Å². The normalized spacial score (nSPS) is 10.1. The zero-order chi connectivity index (χ0) is 21.5. The summed E-state index contributed by atoms with van der Waals surface area (Å²) in [6.07, 6.45) is 2.87. The predicted octanol–water partition coefficient (Wildman–Crippen LogP) is 3.86. The van der Waals surface area contributed by atoms with E-state index in [4.69, 9.17) is 23.7 Å². The average molecular weight is 428 g/mol. The van der Waals surface area contributed by atoms with Gasteiger partial charge in [0.1, 0.15) is 28.8 Å². The summed E-state index contributed by atoms with van der Waals surface area (Å²) in [5, 5.41) is 0. The van der Waals surface area contributed by atoms with Gasteiger partial charge in [0.25, 0.3) is 0 Å². The minimum Gasteiger partial charge on any atom is -0.497 e. The minimum absolute atomic E-state index is 0. The zero-order valence-electron chi connectivity index (χ0n) is 18.6. The molecule has 8 heteroatoms. The smallest absolute Gasteiger partial charge is 0.219 e. The Morgan fingerprint density at radius 3 is 1.68 bits per heavy atom. The van der Waals surface area contributed by atoms with Crippen molar-refractivity contribution in [2.45, 2.75) is 12.8 Å². The van der Waals surface area contributed by atoms with Crippen molar-refractivity contribution in [2.24, 2.45) is 0 Å². The van der Waals surface area contributed by atoms with Crippen LogP contribution < -0.4 is 29.8 Å². The monoisotopic (exact) mass is 427 g/mol. The summed E-state index contributed by atoms with van der Waals surface area (Å²) in [7, 11) is 8.12. The molecule has 1 heterocycles. The first kappa shape index (κ1) is 23.8. The van der Waals surface area contributed by atoms with E-state index in [1.54, 1.807) is 41.7 Å². The van der Waals surface area contributed by atoms with Crippen LogP contribution in [-0.4, -0.2) is 45.5 Å². The van der Waals surface area contributed by atoms with E-state index < -0.39 is 0 Å². The molecule has 2 aromatic carbocycles. The number of ether oxygens (including phenoxy) is 5. The molecule has 0 bridgehead atoms. The average Bonchev–Trinajstić information content (AvgIpc) is 2.80. The quantitative estimate of drug-likeness (QED) is 0.548. The van der Waals surface area contributed by atoms with Crippen LogP contribution in [0.15, 0.2) is 42.6 Å². The van der Waals surface area contributed by atoms with Gasteiger partial charge in [0.05, 0.1) is 35.5 Å². The summed E-state index contributed by atoms with van der Waals surface area (Å²) in [5.74, 6) is 4.11. The Bertz CT molecular complexity index is 1010. The molecular formula is C23H29N3O5. The molecule has 166 valence electrons.